The number of ether oxygens (including phenoxy) is 1. The quantitative estimate of drug-likeness (QED) is 0.891. The summed E-state index contributed by atoms with van der Waals surface area (Å²) in [5, 5.41) is 12.0. The Bertz CT molecular complexity index is 549. The number of hydrogen-bond donors (Lipinski definition) is 2. The number of benzene rings is 1. The summed E-state index contributed by atoms with van der Waals surface area (Å²) in [5.41, 5.74) is 0.939. The molecule has 0 aromatic heterocycles. The van der Waals surface area contributed by atoms with Crippen LogP contribution in [0.2, 0.25) is 0 Å². The summed E-state index contributed by atoms with van der Waals surface area (Å²) in [6, 6.07) is 7.69. The molecule has 2 N–H and O–H groups in total. The molecule has 3 rings (SSSR count). The van der Waals surface area contributed by atoms with Gasteiger partial charge in [-0.05, 0) is 31.7 Å². The maximum atomic E-state index is 12.4. The number of para-hydroxylation sites is 1. The predicted molar refractivity (Wildman–Crippen MR) is 76.2 cm³/mol. The largest absolute Gasteiger partial charge is 0.492 e. The monoisotopic (exact) mass is 289 g/mol. The van der Waals surface area contributed by atoms with Gasteiger partial charge < -0.3 is 15.2 Å². The summed E-state index contributed by atoms with van der Waals surface area (Å²) >= 11 is 0. The van der Waals surface area contributed by atoms with Gasteiger partial charge in [-0.3, -0.25) is 9.59 Å². The number of carbonyl (C=O) groups is 2. The van der Waals surface area contributed by atoms with Crippen LogP contribution in [0.5, 0.6) is 5.75 Å². The van der Waals surface area contributed by atoms with Crippen LogP contribution in [0.15, 0.2) is 24.3 Å². The molecule has 0 unspecified atom stereocenters. The molecule has 5 heteroatoms. The molecule has 1 fully saturated rings. The first-order valence-corrected chi connectivity index (χ1v) is 7.40. The number of carboxylic acids is 1. The average Bonchev–Trinajstić information content (AvgIpc) is 2.92. The van der Waals surface area contributed by atoms with Crippen molar-refractivity contribution in [1.82, 2.24) is 5.32 Å². The molecule has 1 amide bonds. The van der Waals surface area contributed by atoms with Gasteiger partial charge in [0.1, 0.15) is 18.3 Å². The second kappa shape index (κ2) is 5.76. The lowest BCUT2D eigenvalue weighted by molar-refractivity contribution is -0.142. The Kier molecular flexibility index (Phi) is 3.82. The number of nitrogens with one attached hydrogen (secondary N) is 1. The molecule has 0 saturated heterocycles. The third-order valence-electron chi connectivity index (χ3n) is 4.44. The Labute approximate surface area is 123 Å². The van der Waals surface area contributed by atoms with Crippen molar-refractivity contribution in [3.8, 4) is 5.75 Å². The van der Waals surface area contributed by atoms with Crippen LogP contribution in [0.4, 0.5) is 0 Å². The van der Waals surface area contributed by atoms with Crippen molar-refractivity contribution in [3.05, 3.63) is 29.8 Å². The molecule has 0 spiro atoms. The van der Waals surface area contributed by atoms with Gasteiger partial charge >= 0.3 is 5.97 Å². The fourth-order valence-electron chi connectivity index (χ4n) is 3.17. The van der Waals surface area contributed by atoms with E-state index in [1.807, 2.05) is 24.3 Å². The van der Waals surface area contributed by atoms with Gasteiger partial charge in [-0.15, -0.1) is 0 Å². The van der Waals surface area contributed by atoms with Crippen LogP contribution in [0.3, 0.4) is 0 Å². The molecule has 1 aromatic carbocycles. The maximum Gasteiger partial charge on any atom is 0.306 e. The molecule has 5 nitrogen and oxygen atoms in total. The highest BCUT2D eigenvalue weighted by Crippen LogP contribution is 2.34. The fraction of sp³-hybridized carbons (Fsp3) is 0.500. The highest BCUT2D eigenvalue weighted by atomic mass is 16.5. The first-order chi connectivity index (χ1) is 10.1. The summed E-state index contributed by atoms with van der Waals surface area (Å²) in [6.07, 6.45) is 2.74. The van der Waals surface area contributed by atoms with Gasteiger partial charge in [0.15, 0.2) is 0 Å². The van der Waals surface area contributed by atoms with E-state index in [1.165, 1.54) is 0 Å². The predicted octanol–water partition coefficient (Wildman–Crippen LogP) is 1.92. The van der Waals surface area contributed by atoms with Crippen molar-refractivity contribution in [2.24, 2.45) is 5.92 Å². The van der Waals surface area contributed by atoms with Gasteiger partial charge in [0.25, 0.3) is 0 Å². The molecule has 0 bridgehead atoms. The van der Waals surface area contributed by atoms with Gasteiger partial charge in [0.05, 0.1) is 5.92 Å². The summed E-state index contributed by atoms with van der Waals surface area (Å²) in [6.45, 7) is 0.385. The van der Waals surface area contributed by atoms with E-state index >= 15 is 0 Å². The minimum Gasteiger partial charge on any atom is -0.492 e. The number of carbonyl (C=O) groups excluding carboxylic acids is 1. The lowest BCUT2D eigenvalue weighted by Crippen LogP contribution is -2.41. The van der Waals surface area contributed by atoms with E-state index < -0.39 is 5.97 Å². The van der Waals surface area contributed by atoms with Crippen LogP contribution in [-0.2, 0) is 9.59 Å². The summed E-state index contributed by atoms with van der Waals surface area (Å²) < 4.78 is 5.53. The van der Waals surface area contributed by atoms with Crippen LogP contribution < -0.4 is 10.1 Å². The highest BCUT2D eigenvalue weighted by Gasteiger charge is 2.33. The van der Waals surface area contributed by atoms with Crippen LogP contribution >= 0.6 is 0 Å². The van der Waals surface area contributed by atoms with Gasteiger partial charge in [0.2, 0.25) is 5.91 Å². The fourth-order valence-corrected chi connectivity index (χ4v) is 3.17. The molecule has 21 heavy (non-hydrogen) atoms. The number of hydrogen-bond acceptors (Lipinski definition) is 3. The second-order valence-electron chi connectivity index (χ2n) is 5.80. The number of rotatable bonds is 3. The molecule has 112 valence electrons. The average molecular weight is 289 g/mol. The summed E-state index contributed by atoms with van der Waals surface area (Å²) in [7, 11) is 0. The Morgan fingerprint density at radius 1 is 1.14 bits per heavy atom. The van der Waals surface area contributed by atoms with E-state index in [-0.39, 0.29) is 23.8 Å². The number of aliphatic carboxylic acids is 1. The minimum absolute atomic E-state index is 0.0151. The molecule has 1 saturated carbocycles. The van der Waals surface area contributed by atoms with Crippen molar-refractivity contribution in [2.75, 3.05) is 6.61 Å². The van der Waals surface area contributed by atoms with E-state index in [1.54, 1.807) is 0 Å². The Balaban J connectivity index is 1.57. The summed E-state index contributed by atoms with van der Waals surface area (Å²) in [4.78, 5) is 23.3. The smallest absolute Gasteiger partial charge is 0.306 e. The lowest BCUT2D eigenvalue weighted by atomic mass is 9.86. The van der Waals surface area contributed by atoms with Crippen LogP contribution in [0, 0.1) is 5.92 Å². The van der Waals surface area contributed by atoms with Crippen LogP contribution in [0.1, 0.15) is 37.2 Å². The Morgan fingerprint density at radius 2 is 1.86 bits per heavy atom. The number of carboxylic acid groups (broad SMARTS) is 1. The first-order valence-electron chi connectivity index (χ1n) is 7.40. The van der Waals surface area contributed by atoms with E-state index in [0.717, 1.165) is 24.2 Å². The van der Waals surface area contributed by atoms with Crippen molar-refractivity contribution in [3.63, 3.8) is 0 Å². The maximum absolute atomic E-state index is 12.4. The summed E-state index contributed by atoms with van der Waals surface area (Å²) in [5.74, 6) is -0.462. The SMILES string of the molecule is O=C(O)C1CCC(NC(=O)[C@@H]2COc3ccccc32)CC1. The number of amides is 1. The van der Waals surface area contributed by atoms with Gasteiger partial charge in [-0.25, -0.2) is 0 Å². The minimum atomic E-state index is -0.724. The molecule has 2 aliphatic rings. The molecule has 0 radical (unpaired) electrons. The lowest BCUT2D eigenvalue weighted by Gasteiger charge is -2.27. The third kappa shape index (κ3) is 2.86. The second-order valence-corrected chi connectivity index (χ2v) is 5.80. The molecule has 1 aliphatic heterocycles. The normalized spacial score (nSPS) is 27.5. The zero-order valence-electron chi connectivity index (χ0n) is 11.7. The van der Waals surface area contributed by atoms with Gasteiger partial charge in [-0.2, -0.15) is 0 Å². The standard InChI is InChI=1S/C16H19NO4/c18-15(13-9-21-14-4-2-1-3-12(13)14)17-11-7-5-10(6-8-11)16(19)20/h1-4,10-11,13H,5-9H2,(H,17,18)(H,19,20)/t10?,11?,13-/m1/s1. The first kappa shape index (κ1) is 13.9. The zero-order chi connectivity index (χ0) is 14.8. The molecule has 1 aliphatic carbocycles. The third-order valence-corrected chi connectivity index (χ3v) is 4.44. The molecular weight excluding hydrogens is 270 g/mol. The van der Waals surface area contributed by atoms with Gasteiger partial charge in [0, 0.05) is 11.6 Å². The number of fused-ring (bicyclic) bond motifs is 1. The molecule has 1 aromatic rings. The van der Waals surface area contributed by atoms with E-state index in [4.69, 9.17) is 9.84 Å². The Morgan fingerprint density at radius 3 is 2.57 bits per heavy atom. The van der Waals surface area contributed by atoms with Crippen LogP contribution in [-0.4, -0.2) is 29.6 Å². The van der Waals surface area contributed by atoms with Crippen molar-refractivity contribution in [1.29, 1.82) is 0 Å². The molecule has 1 atom stereocenters. The van der Waals surface area contributed by atoms with E-state index in [0.29, 0.717) is 19.4 Å². The molecular formula is C16H19NO4. The highest BCUT2D eigenvalue weighted by molar-refractivity contribution is 5.85. The van der Waals surface area contributed by atoms with Crippen molar-refractivity contribution < 1.29 is 19.4 Å². The van der Waals surface area contributed by atoms with Gasteiger partial charge in [-0.1, -0.05) is 18.2 Å². The van der Waals surface area contributed by atoms with Crippen molar-refractivity contribution in [2.45, 2.75) is 37.6 Å². The van der Waals surface area contributed by atoms with E-state index in [2.05, 4.69) is 5.32 Å². The topological polar surface area (TPSA) is 75.6 Å². The van der Waals surface area contributed by atoms with E-state index in [9.17, 15) is 9.59 Å². The zero-order valence-corrected chi connectivity index (χ0v) is 11.7. The van der Waals surface area contributed by atoms with Crippen molar-refractivity contribution >= 4 is 11.9 Å². The van der Waals surface area contributed by atoms with Crippen LogP contribution in [0.25, 0.3) is 0 Å². The molecule has 1 heterocycles. The Hall–Kier alpha value is -2.04.